The molecule has 11 heavy (non-hydrogen) atoms. The second-order valence-electron chi connectivity index (χ2n) is 2.46. The Labute approximate surface area is 66.8 Å². The smallest absolute Gasteiger partial charge is 0.147 e. The number of hydrogen-bond acceptors (Lipinski definition) is 2. The van der Waals surface area contributed by atoms with Crippen LogP contribution in [0.1, 0.15) is 18.6 Å². The molecule has 0 atom stereocenters. The molecule has 1 aromatic heterocycles. The van der Waals surface area contributed by atoms with Crippen LogP contribution in [-0.2, 0) is 6.54 Å². The first-order chi connectivity index (χ1) is 5.24. The summed E-state index contributed by atoms with van der Waals surface area (Å²) in [6, 6.07) is 0. The second kappa shape index (κ2) is 3.32. The average molecular weight is 151 g/mol. The van der Waals surface area contributed by atoms with Gasteiger partial charge in [-0.05, 0) is 20.8 Å². The van der Waals surface area contributed by atoms with E-state index >= 15 is 0 Å². The van der Waals surface area contributed by atoms with Crippen LogP contribution in [0.5, 0.6) is 0 Å². The zero-order valence-electron chi connectivity index (χ0n) is 7.20. The Balaban J connectivity index is 2.77. The van der Waals surface area contributed by atoms with Crippen molar-refractivity contribution in [1.29, 1.82) is 0 Å². The fourth-order valence-corrected chi connectivity index (χ4v) is 0.939. The fraction of sp³-hybridized carbons (Fsp3) is 0.500. The van der Waals surface area contributed by atoms with E-state index in [2.05, 4.69) is 16.2 Å². The third-order valence-corrected chi connectivity index (χ3v) is 1.48. The summed E-state index contributed by atoms with van der Waals surface area (Å²) in [6.07, 6.45) is 4.07. The van der Waals surface area contributed by atoms with E-state index in [1.165, 1.54) is 0 Å². The van der Waals surface area contributed by atoms with Crippen LogP contribution in [0.3, 0.4) is 0 Å². The summed E-state index contributed by atoms with van der Waals surface area (Å²) >= 11 is 0. The summed E-state index contributed by atoms with van der Waals surface area (Å²) in [6.45, 7) is 6.69. The molecule has 3 nitrogen and oxygen atoms in total. The second-order valence-corrected chi connectivity index (χ2v) is 2.46. The van der Waals surface area contributed by atoms with E-state index < -0.39 is 0 Å². The summed E-state index contributed by atoms with van der Waals surface area (Å²) in [5.41, 5.74) is 0. The van der Waals surface area contributed by atoms with Gasteiger partial charge in [-0.25, -0.2) is 9.67 Å². The van der Waals surface area contributed by atoms with Crippen molar-refractivity contribution >= 4 is 0 Å². The average Bonchev–Trinajstić information content (AvgIpc) is 2.26. The van der Waals surface area contributed by atoms with Crippen molar-refractivity contribution in [1.82, 2.24) is 14.8 Å². The first kappa shape index (κ1) is 7.98. The Bertz CT molecular complexity index is 260. The van der Waals surface area contributed by atoms with Crippen LogP contribution in [-0.4, -0.2) is 14.8 Å². The Morgan fingerprint density at radius 1 is 1.45 bits per heavy atom. The summed E-state index contributed by atoms with van der Waals surface area (Å²) in [4.78, 5) is 4.18. The van der Waals surface area contributed by atoms with Gasteiger partial charge >= 0.3 is 0 Å². The van der Waals surface area contributed by atoms with Gasteiger partial charge in [-0.2, -0.15) is 5.10 Å². The van der Waals surface area contributed by atoms with Crippen LogP contribution < -0.4 is 0 Å². The van der Waals surface area contributed by atoms with Crippen molar-refractivity contribution in [2.45, 2.75) is 27.3 Å². The zero-order chi connectivity index (χ0) is 8.27. The Morgan fingerprint density at radius 3 is 2.64 bits per heavy atom. The molecule has 0 bridgehead atoms. The number of aryl methyl sites for hydroxylation is 2. The molecule has 3 heteroatoms. The van der Waals surface area contributed by atoms with Crippen LogP contribution in [0, 0.1) is 13.8 Å². The van der Waals surface area contributed by atoms with Crippen molar-refractivity contribution in [3.05, 3.63) is 23.8 Å². The predicted octanol–water partition coefficient (Wildman–Crippen LogP) is 1.47. The summed E-state index contributed by atoms with van der Waals surface area (Å²) in [5.74, 6) is 1.81. The molecule has 60 valence electrons. The van der Waals surface area contributed by atoms with Crippen molar-refractivity contribution in [2.75, 3.05) is 0 Å². The van der Waals surface area contributed by atoms with Crippen LogP contribution in [0.25, 0.3) is 0 Å². The molecule has 1 heterocycles. The van der Waals surface area contributed by atoms with Crippen molar-refractivity contribution in [2.24, 2.45) is 0 Å². The molecule has 1 aromatic rings. The first-order valence-corrected chi connectivity index (χ1v) is 3.73. The molecule has 0 saturated carbocycles. The fourth-order valence-electron chi connectivity index (χ4n) is 0.939. The SMILES string of the molecule is C/C=C\Cn1nc(C)nc1C. The molecule has 0 radical (unpaired) electrons. The van der Waals surface area contributed by atoms with Gasteiger partial charge in [0.2, 0.25) is 0 Å². The van der Waals surface area contributed by atoms with Crippen LogP contribution in [0.2, 0.25) is 0 Å². The Kier molecular flexibility index (Phi) is 2.41. The maximum Gasteiger partial charge on any atom is 0.147 e. The van der Waals surface area contributed by atoms with Gasteiger partial charge in [-0.3, -0.25) is 0 Å². The van der Waals surface area contributed by atoms with Crippen LogP contribution >= 0.6 is 0 Å². The van der Waals surface area contributed by atoms with E-state index in [0.29, 0.717) is 0 Å². The molecular formula is C8H13N3. The molecule has 1 rings (SSSR count). The van der Waals surface area contributed by atoms with Crippen molar-refractivity contribution < 1.29 is 0 Å². The van der Waals surface area contributed by atoms with Crippen molar-refractivity contribution in [3.63, 3.8) is 0 Å². The van der Waals surface area contributed by atoms with Gasteiger partial charge < -0.3 is 0 Å². The number of allylic oxidation sites excluding steroid dienone is 2. The van der Waals surface area contributed by atoms with Gasteiger partial charge in [0, 0.05) is 0 Å². The summed E-state index contributed by atoms with van der Waals surface area (Å²) in [7, 11) is 0. The minimum Gasteiger partial charge on any atom is -0.246 e. The van der Waals surface area contributed by atoms with Gasteiger partial charge in [-0.1, -0.05) is 12.2 Å². The highest BCUT2D eigenvalue weighted by Crippen LogP contribution is 1.95. The standard InChI is InChI=1S/C8H13N3/c1-4-5-6-11-8(3)9-7(2)10-11/h4-5H,6H2,1-3H3/b5-4-. The third kappa shape index (κ3) is 1.90. The Hall–Kier alpha value is -1.12. The predicted molar refractivity (Wildman–Crippen MR) is 44.3 cm³/mol. The zero-order valence-corrected chi connectivity index (χ0v) is 7.20. The quantitative estimate of drug-likeness (QED) is 0.599. The highest BCUT2D eigenvalue weighted by Gasteiger charge is 1.98. The lowest BCUT2D eigenvalue weighted by Gasteiger charge is -1.95. The van der Waals surface area contributed by atoms with Gasteiger partial charge in [0.15, 0.2) is 0 Å². The van der Waals surface area contributed by atoms with Gasteiger partial charge in [0.05, 0.1) is 6.54 Å². The molecule has 0 amide bonds. The van der Waals surface area contributed by atoms with E-state index in [0.717, 1.165) is 18.2 Å². The third-order valence-electron chi connectivity index (χ3n) is 1.48. The van der Waals surface area contributed by atoms with Gasteiger partial charge in [0.25, 0.3) is 0 Å². The maximum absolute atomic E-state index is 4.20. The van der Waals surface area contributed by atoms with Gasteiger partial charge in [0.1, 0.15) is 11.6 Å². The summed E-state index contributed by atoms with van der Waals surface area (Å²) < 4.78 is 1.88. The molecular weight excluding hydrogens is 138 g/mol. The molecule has 0 spiro atoms. The summed E-state index contributed by atoms with van der Waals surface area (Å²) in [5, 5.41) is 4.20. The van der Waals surface area contributed by atoms with Crippen molar-refractivity contribution in [3.8, 4) is 0 Å². The molecule has 0 saturated heterocycles. The molecule has 0 unspecified atom stereocenters. The lowest BCUT2D eigenvalue weighted by atomic mass is 10.5. The monoisotopic (exact) mass is 151 g/mol. The van der Waals surface area contributed by atoms with E-state index in [-0.39, 0.29) is 0 Å². The van der Waals surface area contributed by atoms with E-state index in [4.69, 9.17) is 0 Å². The lowest BCUT2D eigenvalue weighted by molar-refractivity contribution is 0.669. The number of aromatic nitrogens is 3. The number of nitrogens with zero attached hydrogens (tertiary/aromatic N) is 3. The topological polar surface area (TPSA) is 30.7 Å². The minimum atomic E-state index is 0.823. The normalized spacial score (nSPS) is 11.2. The van der Waals surface area contributed by atoms with E-state index in [9.17, 15) is 0 Å². The first-order valence-electron chi connectivity index (χ1n) is 3.73. The van der Waals surface area contributed by atoms with Crippen LogP contribution in [0.15, 0.2) is 12.2 Å². The molecule has 0 fully saturated rings. The highest BCUT2D eigenvalue weighted by atomic mass is 15.3. The molecule has 0 aliphatic rings. The molecule has 0 aromatic carbocycles. The lowest BCUT2D eigenvalue weighted by Crippen LogP contribution is -1.99. The molecule has 0 aliphatic heterocycles. The minimum absolute atomic E-state index is 0.823. The molecule has 0 N–H and O–H groups in total. The van der Waals surface area contributed by atoms with Crippen LogP contribution in [0.4, 0.5) is 0 Å². The van der Waals surface area contributed by atoms with Gasteiger partial charge in [-0.15, -0.1) is 0 Å². The highest BCUT2D eigenvalue weighted by molar-refractivity contribution is 4.90. The molecule has 0 aliphatic carbocycles. The number of rotatable bonds is 2. The van der Waals surface area contributed by atoms with E-state index in [1.54, 1.807) is 0 Å². The van der Waals surface area contributed by atoms with E-state index in [1.807, 2.05) is 31.5 Å². The largest absolute Gasteiger partial charge is 0.246 e. The number of hydrogen-bond donors (Lipinski definition) is 0. The maximum atomic E-state index is 4.20. The Morgan fingerprint density at radius 2 is 2.18 bits per heavy atom.